The van der Waals surface area contributed by atoms with E-state index in [1.165, 1.54) is 11.3 Å². The van der Waals surface area contributed by atoms with Gasteiger partial charge in [0.25, 0.3) is 0 Å². The van der Waals surface area contributed by atoms with Gasteiger partial charge in [-0.05, 0) is 32.9 Å². The van der Waals surface area contributed by atoms with E-state index in [0.29, 0.717) is 12.8 Å². The number of thiazole rings is 1. The second kappa shape index (κ2) is 7.19. The molecule has 1 aromatic heterocycles. The molecule has 7 heteroatoms. The number of aliphatic carboxylic acids is 2. The number of carbonyl (C=O) groups is 2. The first-order valence-electron chi connectivity index (χ1n) is 7.50. The summed E-state index contributed by atoms with van der Waals surface area (Å²) in [5.41, 5.74) is 0.804. The van der Waals surface area contributed by atoms with Gasteiger partial charge in [-0.2, -0.15) is 0 Å². The second-order valence-corrected chi connectivity index (χ2v) is 7.06. The zero-order valence-electron chi connectivity index (χ0n) is 12.9. The highest BCUT2D eigenvalue weighted by Gasteiger charge is 2.26. The second-order valence-electron chi connectivity index (χ2n) is 5.95. The van der Waals surface area contributed by atoms with Crippen LogP contribution in [0.1, 0.15) is 41.3 Å². The number of carboxylic acids is 2. The Labute approximate surface area is 133 Å². The molecule has 2 N–H and O–H groups in total. The van der Waals surface area contributed by atoms with Crippen molar-refractivity contribution in [3.63, 3.8) is 0 Å². The van der Waals surface area contributed by atoms with Crippen LogP contribution < -0.4 is 0 Å². The molecule has 1 aliphatic rings. The fourth-order valence-corrected chi connectivity index (χ4v) is 3.89. The van der Waals surface area contributed by atoms with E-state index in [2.05, 4.69) is 16.8 Å². The number of carboxylic acid groups (broad SMARTS) is 2. The van der Waals surface area contributed by atoms with Gasteiger partial charge in [0.2, 0.25) is 0 Å². The van der Waals surface area contributed by atoms with Gasteiger partial charge in [-0.15, -0.1) is 11.3 Å². The van der Waals surface area contributed by atoms with Gasteiger partial charge in [-0.1, -0.05) is 6.92 Å². The molecule has 2 heterocycles. The van der Waals surface area contributed by atoms with Gasteiger partial charge in [0.15, 0.2) is 0 Å². The Bertz CT molecular complexity index is 550. The van der Waals surface area contributed by atoms with Crippen molar-refractivity contribution in [3.8, 4) is 0 Å². The topological polar surface area (TPSA) is 90.7 Å². The molecule has 22 heavy (non-hydrogen) atoms. The fourth-order valence-electron chi connectivity index (χ4n) is 2.79. The number of aromatic nitrogens is 1. The van der Waals surface area contributed by atoms with Crippen molar-refractivity contribution in [2.24, 2.45) is 5.92 Å². The SMILES string of the molecule is Cc1nc(C(C)CN2CCC(C(=O)O)CC2)sc1CC(=O)O. The molecule has 0 spiro atoms. The number of hydrogen-bond donors (Lipinski definition) is 2. The van der Waals surface area contributed by atoms with E-state index in [9.17, 15) is 9.59 Å². The van der Waals surface area contributed by atoms with Crippen LogP contribution in [-0.4, -0.2) is 51.7 Å². The Morgan fingerprint density at radius 3 is 2.55 bits per heavy atom. The Kier molecular flexibility index (Phi) is 5.52. The first-order valence-corrected chi connectivity index (χ1v) is 8.31. The van der Waals surface area contributed by atoms with E-state index in [1.807, 2.05) is 6.92 Å². The molecule has 6 nitrogen and oxygen atoms in total. The quantitative estimate of drug-likeness (QED) is 0.830. The highest BCUT2D eigenvalue weighted by atomic mass is 32.1. The molecule has 0 radical (unpaired) electrons. The predicted octanol–water partition coefficient (Wildman–Crippen LogP) is 1.98. The monoisotopic (exact) mass is 326 g/mol. The lowest BCUT2D eigenvalue weighted by molar-refractivity contribution is -0.143. The fraction of sp³-hybridized carbons (Fsp3) is 0.667. The largest absolute Gasteiger partial charge is 0.481 e. The number of nitrogens with zero attached hydrogens (tertiary/aromatic N) is 2. The van der Waals surface area contributed by atoms with Crippen LogP contribution in [0.2, 0.25) is 0 Å². The van der Waals surface area contributed by atoms with Crippen LogP contribution in [0.15, 0.2) is 0 Å². The molecule has 122 valence electrons. The smallest absolute Gasteiger partial charge is 0.308 e. The van der Waals surface area contributed by atoms with Gasteiger partial charge in [-0.25, -0.2) is 4.98 Å². The Morgan fingerprint density at radius 2 is 2.00 bits per heavy atom. The molecule has 1 saturated heterocycles. The van der Waals surface area contributed by atoms with Crippen molar-refractivity contribution >= 4 is 23.3 Å². The number of rotatable bonds is 6. The van der Waals surface area contributed by atoms with Crippen molar-refractivity contribution in [1.82, 2.24) is 9.88 Å². The minimum atomic E-state index is -0.832. The molecule has 0 bridgehead atoms. The average molecular weight is 326 g/mol. The van der Waals surface area contributed by atoms with Crippen molar-refractivity contribution in [2.45, 2.75) is 39.0 Å². The summed E-state index contributed by atoms with van der Waals surface area (Å²) in [6.07, 6.45) is 1.42. The Balaban J connectivity index is 1.91. The number of piperidine rings is 1. The maximum absolute atomic E-state index is 11.0. The zero-order chi connectivity index (χ0) is 16.3. The van der Waals surface area contributed by atoms with E-state index in [4.69, 9.17) is 10.2 Å². The summed E-state index contributed by atoms with van der Waals surface area (Å²) in [7, 11) is 0. The van der Waals surface area contributed by atoms with Crippen LogP contribution in [-0.2, 0) is 16.0 Å². The van der Waals surface area contributed by atoms with Gasteiger partial charge in [0.1, 0.15) is 0 Å². The highest BCUT2D eigenvalue weighted by molar-refractivity contribution is 7.11. The van der Waals surface area contributed by atoms with E-state index in [0.717, 1.165) is 35.2 Å². The Hall–Kier alpha value is -1.47. The van der Waals surface area contributed by atoms with Gasteiger partial charge in [0, 0.05) is 17.3 Å². The summed E-state index contributed by atoms with van der Waals surface area (Å²) in [6, 6.07) is 0. The number of likely N-dealkylation sites (tertiary alicyclic amines) is 1. The van der Waals surface area contributed by atoms with Crippen molar-refractivity contribution in [2.75, 3.05) is 19.6 Å². The van der Waals surface area contributed by atoms with Crippen molar-refractivity contribution < 1.29 is 19.8 Å². The third-order valence-electron chi connectivity index (χ3n) is 4.11. The molecular weight excluding hydrogens is 304 g/mol. The van der Waals surface area contributed by atoms with E-state index in [1.54, 1.807) is 0 Å². The van der Waals surface area contributed by atoms with E-state index >= 15 is 0 Å². The molecule has 1 atom stereocenters. The van der Waals surface area contributed by atoms with Crippen molar-refractivity contribution in [3.05, 3.63) is 15.6 Å². The highest BCUT2D eigenvalue weighted by Crippen LogP contribution is 2.27. The van der Waals surface area contributed by atoms with E-state index < -0.39 is 11.9 Å². The van der Waals surface area contributed by atoms with Crippen LogP contribution in [0.4, 0.5) is 0 Å². The third kappa shape index (κ3) is 4.27. The summed E-state index contributed by atoms with van der Waals surface area (Å²) in [5.74, 6) is -1.51. The normalized spacial score (nSPS) is 18.3. The molecule has 0 amide bonds. The zero-order valence-corrected chi connectivity index (χ0v) is 13.7. The molecule has 0 saturated carbocycles. The van der Waals surface area contributed by atoms with Gasteiger partial charge < -0.3 is 15.1 Å². The summed E-state index contributed by atoms with van der Waals surface area (Å²) in [6.45, 7) is 6.38. The third-order valence-corrected chi connectivity index (χ3v) is 5.50. The Morgan fingerprint density at radius 1 is 1.36 bits per heavy atom. The number of aryl methyl sites for hydroxylation is 1. The molecule has 0 aliphatic carbocycles. The average Bonchev–Trinajstić information content (AvgIpc) is 2.80. The molecule has 2 rings (SSSR count). The minimum Gasteiger partial charge on any atom is -0.481 e. The first kappa shape index (κ1) is 16.9. The van der Waals surface area contributed by atoms with E-state index in [-0.39, 0.29) is 18.3 Å². The van der Waals surface area contributed by atoms with Crippen LogP contribution in [0.25, 0.3) is 0 Å². The van der Waals surface area contributed by atoms with Gasteiger partial charge in [0.05, 0.1) is 23.0 Å². The molecule has 1 aliphatic heterocycles. The molecule has 1 fully saturated rings. The predicted molar refractivity (Wildman–Crippen MR) is 83.4 cm³/mol. The van der Waals surface area contributed by atoms with Gasteiger partial charge in [-0.3, -0.25) is 9.59 Å². The molecule has 1 unspecified atom stereocenters. The summed E-state index contributed by atoms with van der Waals surface area (Å²) in [5, 5.41) is 18.9. The lowest BCUT2D eigenvalue weighted by Crippen LogP contribution is -2.38. The summed E-state index contributed by atoms with van der Waals surface area (Å²) >= 11 is 1.48. The summed E-state index contributed by atoms with van der Waals surface area (Å²) < 4.78 is 0. The number of hydrogen-bond acceptors (Lipinski definition) is 5. The molecule has 1 aromatic rings. The van der Waals surface area contributed by atoms with Gasteiger partial charge >= 0.3 is 11.9 Å². The van der Waals surface area contributed by atoms with Crippen LogP contribution in [0.3, 0.4) is 0 Å². The molecule has 0 aromatic carbocycles. The molecular formula is C15H22N2O4S. The van der Waals surface area contributed by atoms with Crippen molar-refractivity contribution in [1.29, 1.82) is 0 Å². The standard InChI is InChI=1S/C15H22N2O4S/c1-9(8-17-5-3-11(4-6-17)15(20)21)14-16-10(2)12(22-14)7-13(18)19/h9,11H,3-8H2,1-2H3,(H,18,19)(H,20,21). The summed E-state index contributed by atoms with van der Waals surface area (Å²) in [4.78, 5) is 29.4. The minimum absolute atomic E-state index is 0.0280. The maximum atomic E-state index is 11.0. The first-order chi connectivity index (χ1) is 10.4. The van der Waals surface area contributed by atoms with Crippen LogP contribution in [0, 0.1) is 12.8 Å². The maximum Gasteiger partial charge on any atom is 0.308 e. The van der Waals surface area contributed by atoms with Crippen LogP contribution >= 0.6 is 11.3 Å². The van der Waals surface area contributed by atoms with Crippen LogP contribution in [0.5, 0.6) is 0 Å². The lowest BCUT2D eigenvalue weighted by atomic mass is 9.96. The lowest BCUT2D eigenvalue weighted by Gasteiger charge is -2.31.